The van der Waals surface area contributed by atoms with Gasteiger partial charge in [0.2, 0.25) is 0 Å². The number of rotatable bonds is 6. The van der Waals surface area contributed by atoms with Crippen LogP contribution in [0.25, 0.3) is 0 Å². The van der Waals surface area contributed by atoms with Crippen LogP contribution in [0.15, 0.2) is 0 Å². The molecular formula is C13H23BrO3. The van der Waals surface area contributed by atoms with Crippen molar-refractivity contribution in [3.05, 3.63) is 0 Å². The van der Waals surface area contributed by atoms with Crippen molar-refractivity contribution in [2.75, 3.05) is 20.3 Å². The predicted octanol–water partition coefficient (Wildman–Crippen LogP) is 2.90. The largest absolute Gasteiger partial charge is 0.382 e. The van der Waals surface area contributed by atoms with Crippen molar-refractivity contribution in [3.8, 4) is 0 Å². The summed E-state index contributed by atoms with van der Waals surface area (Å²) in [6.07, 6.45) is 8.54. The molecule has 17 heavy (non-hydrogen) atoms. The monoisotopic (exact) mass is 306 g/mol. The number of methoxy groups -OCH3 is 1. The van der Waals surface area contributed by atoms with Crippen LogP contribution in [0.3, 0.4) is 0 Å². The van der Waals surface area contributed by atoms with Crippen LogP contribution in [0.2, 0.25) is 0 Å². The Morgan fingerprint density at radius 1 is 1.12 bits per heavy atom. The SMILES string of the molecule is COCCOC1C(Br)CC1OC1CCCCC1. The molecule has 0 saturated heterocycles. The van der Waals surface area contributed by atoms with E-state index in [0.717, 1.165) is 6.42 Å². The number of halogens is 1. The van der Waals surface area contributed by atoms with Crippen LogP contribution < -0.4 is 0 Å². The van der Waals surface area contributed by atoms with Gasteiger partial charge in [0.25, 0.3) is 0 Å². The molecule has 3 unspecified atom stereocenters. The zero-order valence-electron chi connectivity index (χ0n) is 10.6. The molecule has 0 spiro atoms. The molecule has 2 rings (SSSR count). The number of ether oxygens (including phenoxy) is 3. The highest BCUT2D eigenvalue weighted by atomic mass is 79.9. The van der Waals surface area contributed by atoms with Crippen LogP contribution >= 0.6 is 15.9 Å². The van der Waals surface area contributed by atoms with E-state index >= 15 is 0 Å². The van der Waals surface area contributed by atoms with Gasteiger partial charge in [0, 0.05) is 11.9 Å². The molecule has 0 radical (unpaired) electrons. The first-order valence-corrected chi connectivity index (χ1v) is 7.63. The van der Waals surface area contributed by atoms with Crippen molar-refractivity contribution in [1.82, 2.24) is 0 Å². The molecule has 3 nitrogen and oxygen atoms in total. The van der Waals surface area contributed by atoms with Gasteiger partial charge in [0.1, 0.15) is 0 Å². The fourth-order valence-electron chi connectivity index (χ4n) is 2.59. The van der Waals surface area contributed by atoms with Gasteiger partial charge < -0.3 is 14.2 Å². The highest BCUT2D eigenvalue weighted by Crippen LogP contribution is 2.35. The first-order chi connectivity index (χ1) is 8.31. The molecule has 100 valence electrons. The molecular weight excluding hydrogens is 284 g/mol. The summed E-state index contributed by atoms with van der Waals surface area (Å²) in [5.74, 6) is 0. The minimum Gasteiger partial charge on any atom is -0.382 e. The zero-order valence-corrected chi connectivity index (χ0v) is 12.2. The summed E-state index contributed by atoms with van der Waals surface area (Å²) >= 11 is 3.64. The fraction of sp³-hybridized carbons (Fsp3) is 1.00. The Morgan fingerprint density at radius 3 is 2.53 bits per heavy atom. The molecule has 4 heteroatoms. The third-order valence-corrected chi connectivity index (χ3v) is 4.59. The average Bonchev–Trinajstić information content (AvgIpc) is 2.35. The normalized spacial score (nSPS) is 34.6. The molecule has 3 atom stereocenters. The molecule has 2 saturated carbocycles. The lowest BCUT2D eigenvalue weighted by atomic mass is 9.90. The third kappa shape index (κ3) is 3.91. The molecule has 0 aromatic rings. The van der Waals surface area contributed by atoms with Gasteiger partial charge in [-0.1, -0.05) is 35.2 Å². The fourth-order valence-corrected chi connectivity index (χ4v) is 3.45. The summed E-state index contributed by atoms with van der Waals surface area (Å²) in [6.45, 7) is 1.32. The highest BCUT2D eigenvalue weighted by Gasteiger charge is 2.42. The van der Waals surface area contributed by atoms with E-state index < -0.39 is 0 Å². The summed E-state index contributed by atoms with van der Waals surface area (Å²) in [4.78, 5) is 0.452. The summed E-state index contributed by atoms with van der Waals surface area (Å²) in [6, 6.07) is 0. The molecule has 2 fully saturated rings. The Morgan fingerprint density at radius 2 is 1.88 bits per heavy atom. The zero-order chi connectivity index (χ0) is 12.1. The van der Waals surface area contributed by atoms with Crippen LogP contribution in [0.5, 0.6) is 0 Å². The van der Waals surface area contributed by atoms with Crippen molar-refractivity contribution in [1.29, 1.82) is 0 Å². The molecule has 2 aliphatic rings. The van der Waals surface area contributed by atoms with Crippen LogP contribution in [-0.2, 0) is 14.2 Å². The Bertz CT molecular complexity index is 219. The lowest BCUT2D eigenvalue weighted by Gasteiger charge is -2.43. The quantitative estimate of drug-likeness (QED) is 0.558. The second kappa shape index (κ2) is 7.07. The summed E-state index contributed by atoms with van der Waals surface area (Å²) in [7, 11) is 1.70. The van der Waals surface area contributed by atoms with E-state index in [1.807, 2.05) is 0 Å². The second-order valence-corrected chi connectivity index (χ2v) is 6.19. The van der Waals surface area contributed by atoms with E-state index in [4.69, 9.17) is 14.2 Å². The maximum atomic E-state index is 6.15. The number of alkyl halides is 1. The van der Waals surface area contributed by atoms with Gasteiger partial charge in [-0.05, 0) is 19.3 Å². The molecule has 0 aliphatic heterocycles. The van der Waals surface area contributed by atoms with Crippen LogP contribution in [0, 0.1) is 0 Å². The first kappa shape index (κ1) is 13.8. The Hall–Kier alpha value is 0.360. The Balaban J connectivity index is 1.68. The molecule has 0 N–H and O–H groups in total. The van der Waals surface area contributed by atoms with E-state index in [1.165, 1.54) is 32.1 Å². The van der Waals surface area contributed by atoms with Crippen molar-refractivity contribution >= 4 is 15.9 Å². The molecule has 2 aliphatic carbocycles. The lowest BCUT2D eigenvalue weighted by molar-refractivity contribution is -0.154. The maximum absolute atomic E-state index is 6.15. The highest BCUT2D eigenvalue weighted by molar-refractivity contribution is 9.09. The van der Waals surface area contributed by atoms with Crippen molar-refractivity contribution in [3.63, 3.8) is 0 Å². The number of hydrogen-bond acceptors (Lipinski definition) is 3. The Kier molecular flexibility index (Phi) is 5.74. The van der Waals surface area contributed by atoms with Gasteiger partial charge in [-0.25, -0.2) is 0 Å². The second-order valence-electron chi connectivity index (χ2n) is 5.01. The van der Waals surface area contributed by atoms with E-state index in [9.17, 15) is 0 Å². The molecule has 0 amide bonds. The standard InChI is InChI=1S/C13H23BrO3/c1-15-7-8-16-13-11(14)9-12(13)17-10-5-3-2-4-6-10/h10-13H,2-9H2,1H3. The van der Waals surface area contributed by atoms with Gasteiger partial charge in [-0.15, -0.1) is 0 Å². The van der Waals surface area contributed by atoms with E-state index in [1.54, 1.807) is 7.11 Å². The van der Waals surface area contributed by atoms with Gasteiger partial charge in [0.15, 0.2) is 0 Å². The number of hydrogen-bond donors (Lipinski definition) is 0. The molecule has 0 bridgehead atoms. The summed E-state index contributed by atoms with van der Waals surface area (Å²) < 4.78 is 16.9. The van der Waals surface area contributed by atoms with Crippen LogP contribution in [-0.4, -0.2) is 43.5 Å². The first-order valence-electron chi connectivity index (χ1n) is 6.71. The van der Waals surface area contributed by atoms with Gasteiger partial charge in [-0.2, -0.15) is 0 Å². The van der Waals surface area contributed by atoms with Gasteiger partial charge >= 0.3 is 0 Å². The van der Waals surface area contributed by atoms with Crippen molar-refractivity contribution in [2.45, 2.75) is 61.7 Å². The minimum absolute atomic E-state index is 0.215. The predicted molar refractivity (Wildman–Crippen MR) is 70.7 cm³/mol. The van der Waals surface area contributed by atoms with E-state index in [-0.39, 0.29) is 6.10 Å². The van der Waals surface area contributed by atoms with E-state index in [2.05, 4.69) is 15.9 Å². The van der Waals surface area contributed by atoms with Crippen LogP contribution in [0.4, 0.5) is 0 Å². The average molecular weight is 307 g/mol. The Labute approximate surface area is 112 Å². The molecule has 0 aromatic heterocycles. The lowest BCUT2D eigenvalue weighted by Crippen LogP contribution is -2.52. The molecule has 0 aromatic carbocycles. The third-order valence-electron chi connectivity index (χ3n) is 3.70. The molecule has 0 heterocycles. The van der Waals surface area contributed by atoms with Crippen molar-refractivity contribution in [2.24, 2.45) is 0 Å². The van der Waals surface area contributed by atoms with Crippen LogP contribution in [0.1, 0.15) is 38.5 Å². The minimum atomic E-state index is 0.215. The summed E-state index contributed by atoms with van der Waals surface area (Å²) in [5.41, 5.74) is 0. The van der Waals surface area contributed by atoms with Gasteiger partial charge in [0.05, 0.1) is 31.5 Å². The van der Waals surface area contributed by atoms with E-state index in [0.29, 0.717) is 30.2 Å². The topological polar surface area (TPSA) is 27.7 Å². The van der Waals surface area contributed by atoms with Gasteiger partial charge in [-0.3, -0.25) is 0 Å². The maximum Gasteiger partial charge on any atom is 0.0963 e. The van der Waals surface area contributed by atoms with Crippen molar-refractivity contribution < 1.29 is 14.2 Å². The smallest absolute Gasteiger partial charge is 0.0963 e. The summed E-state index contributed by atoms with van der Waals surface area (Å²) in [5, 5.41) is 0.